The average Bonchev–Trinajstić information content (AvgIpc) is 2.99. The van der Waals surface area contributed by atoms with E-state index in [9.17, 15) is 0 Å². The average molecular weight is 317 g/mol. The van der Waals surface area contributed by atoms with E-state index in [0.717, 1.165) is 20.5 Å². The molecule has 1 N–H and O–H groups in total. The van der Waals surface area contributed by atoms with Crippen molar-refractivity contribution in [3.8, 4) is 10.6 Å². The highest BCUT2D eigenvalue weighted by Crippen LogP contribution is 2.30. The maximum absolute atomic E-state index is 5.90. The summed E-state index contributed by atoms with van der Waals surface area (Å²) >= 11 is 7.55. The first-order valence-corrected chi connectivity index (χ1v) is 7.67. The van der Waals surface area contributed by atoms with Crippen LogP contribution in [0.25, 0.3) is 10.6 Å². The lowest BCUT2D eigenvalue weighted by atomic mass is 10.2. The molecule has 2 heterocycles. The van der Waals surface area contributed by atoms with Crippen LogP contribution in [0.1, 0.15) is 17.8 Å². The largest absolute Gasteiger partial charge is 0.347 e. The van der Waals surface area contributed by atoms with Crippen molar-refractivity contribution >= 4 is 28.9 Å². The molecule has 0 saturated carbocycles. The minimum absolute atomic E-state index is 0.103. The van der Waals surface area contributed by atoms with Gasteiger partial charge < -0.3 is 5.32 Å². The van der Waals surface area contributed by atoms with Crippen LogP contribution in [0.2, 0.25) is 5.02 Å². The van der Waals surface area contributed by atoms with Crippen LogP contribution in [0.4, 0.5) is 5.95 Å². The van der Waals surface area contributed by atoms with Crippen molar-refractivity contribution in [1.82, 2.24) is 15.0 Å². The first-order valence-electron chi connectivity index (χ1n) is 6.47. The predicted octanol–water partition coefficient (Wildman–Crippen LogP) is 4.43. The molecule has 21 heavy (non-hydrogen) atoms. The second-order valence-electron chi connectivity index (χ2n) is 4.51. The van der Waals surface area contributed by atoms with Crippen LogP contribution in [0.3, 0.4) is 0 Å². The summed E-state index contributed by atoms with van der Waals surface area (Å²) in [5.41, 5.74) is 1.07. The number of benzene rings is 1. The van der Waals surface area contributed by atoms with Gasteiger partial charge in [-0.05, 0) is 25.1 Å². The number of nitrogens with one attached hydrogen (secondary N) is 1. The molecule has 0 spiro atoms. The van der Waals surface area contributed by atoms with Crippen LogP contribution in [-0.2, 0) is 0 Å². The van der Waals surface area contributed by atoms with Gasteiger partial charge in [0.2, 0.25) is 5.95 Å². The Hall–Kier alpha value is -1.98. The SMILES string of the molecule is C[C@H](Nc1ncccn1)c1cnc(-c2ccc(Cl)cc2)s1. The highest BCUT2D eigenvalue weighted by atomic mass is 35.5. The first-order chi connectivity index (χ1) is 10.2. The van der Waals surface area contributed by atoms with E-state index in [4.69, 9.17) is 11.6 Å². The standard InChI is InChI=1S/C15H13ClN4S/c1-10(20-15-17-7-2-8-18-15)13-9-19-14(21-13)11-3-5-12(16)6-4-11/h2-10H,1H3,(H,17,18,20)/t10-/m0/s1. The number of hydrogen-bond acceptors (Lipinski definition) is 5. The summed E-state index contributed by atoms with van der Waals surface area (Å²) in [6.45, 7) is 2.06. The fourth-order valence-corrected chi connectivity index (χ4v) is 2.90. The highest BCUT2D eigenvalue weighted by molar-refractivity contribution is 7.15. The van der Waals surface area contributed by atoms with Gasteiger partial charge in [-0.15, -0.1) is 11.3 Å². The Morgan fingerprint density at radius 2 is 1.81 bits per heavy atom. The molecule has 106 valence electrons. The summed E-state index contributed by atoms with van der Waals surface area (Å²) < 4.78 is 0. The predicted molar refractivity (Wildman–Crippen MR) is 86.6 cm³/mol. The summed E-state index contributed by atoms with van der Waals surface area (Å²) in [6, 6.07) is 9.59. The van der Waals surface area contributed by atoms with Gasteiger partial charge >= 0.3 is 0 Å². The van der Waals surface area contributed by atoms with E-state index in [1.807, 2.05) is 30.5 Å². The van der Waals surface area contributed by atoms with Crippen LogP contribution >= 0.6 is 22.9 Å². The molecule has 0 amide bonds. The smallest absolute Gasteiger partial charge is 0.223 e. The molecule has 1 atom stereocenters. The van der Waals surface area contributed by atoms with E-state index >= 15 is 0 Å². The molecule has 0 saturated heterocycles. The molecule has 0 bridgehead atoms. The summed E-state index contributed by atoms with van der Waals surface area (Å²) in [7, 11) is 0. The topological polar surface area (TPSA) is 50.7 Å². The number of nitrogens with zero attached hydrogens (tertiary/aromatic N) is 3. The van der Waals surface area contributed by atoms with E-state index in [0.29, 0.717) is 5.95 Å². The van der Waals surface area contributed by atoms with Gasteiger partial charge in [0, 0.05) is 34.1 Å². The van der Waals surface area contributed by atoms with E-state index < -0.39 is 0 Å². The molecule has 0 unspecified atom stereocenters. The summed E-state index contributed by atoms with van der Waals surface area (Å²) in [5.74, 6) is 0.617. The number of anilines is 1. The minimum Gasteiger partial charge on any atom is -0.347 e. The summed E-state index contributed by atoms with van der Waals surface area (Å²) in [6.07, 6.45) is 5.32. The molecule has 0 aliphatic carbocycles. The lowest BCUT2D eigenvalue weighted by Gasteiger charge is -2.10. The van der Waals surface area contributed by atoms with E-state index in [2.05, 4.69) is 27.2 Å². The number of thiazole rings is 1. The minimum atomic E-state index is 0.103. The van der Waals surface area contributed by atoms with Gasteiger partial charge in [-0.25, -0.2) is 15.0 Å². The van der Waals surface area contributed by atoms with E-state index in [1.165, 1.54) is 0 Å². The highest BCUT2D eigenvalue weighted by Gasteiger charge is 2.12. The number of aromatic nitrogens is 3. The zero-order valence-corrected chi connectivity index (χ0v) is 12.9. The van der Waals surface area contributed by atoms with Crippen LogP contribution in [-0.4, -0.2) is 15.0 Å². The lowest BCUT2D eigenvalue weighted by molar-refractivity contribution is 0.876. The molecule has 3 aromatic rings. The van der Waals surface area contributed by atoms with Crippen molar-refractivity contribution in [1.29, 1.82) is 0 Å². The zero-order valence-electron chi connectivity index (χ0n) is 11.3. The Kier molecular flexibility index (Phi) is 4.13. The van der Waals surface area contributed by atoms with E-state index in [-0.39, 0.29) is 6.04 Å². The third kappa shape index (κ3) is 3.37. The fraction of sp³-hybridized carbons (Fsp3) is 0.133. The van der Waals surface area contributed by atoms with Gasteiger partial charge in [0.25, 0.3) is 0 Å². The molecular weight excluding hydrogens is 304 g/mol. The van der Waals surface area contributed by atoms with Gasteiger partial charge in [0.1, 0.15) is 5.01 Å². The van der Waals surface area contributed by atoms with Gasteiger partial charge in [0.05, 0.1) is 6.04 Å². The number of hydrogen-bond donors (Lipinski definition) is 1. The first kappa shape index (κ1) is 14.0. The Morgan fingerprint density at radius 1 is 1.10 bits per heavy atom. The van der Waals surface area contributed by atoms with Crippen LogP contribution < -0.4 is 5.32 Å². The molecule has 0 aliphatic heterocycles. The zero-order chi connectivity index (χ0) is 14.7. The van der Waals surface area contributed by atoms with Gasteiger partial charge in [-0.3, -0.25) is 0 Å². The molecule has 4 nitrogen and oxygen atoms in total. The van der Waals surface area contributed by atoms with Crippen molar-refractivity contribution < 1.29 is 0 Å². The van der Waals surface area contributed by atoms with Crippen LogP contribution in [0, 0.1) is 0 Å². The maximum Gasteiger partial charge on any atom is 0.223 e. The second-order valence-corrected chi connectivity index (χ2v) is 6.01. The van der Waals surface area contributed by atoms with Crippen molar-refractivity contribution in [2.75, 3.05) is 5.32 Å². The van der Waals surface area contributed by atoms with Crippen LogP contribution in [0.5, 0.6) is 0 Å². The lowest BCUT2D eigenvalue weighted by Crippen LogP contribution is -2.07. The van der Waals surface area contributed by atoms with Crippen molar-refractivity contribution in [3.05, 3.63) is 58.8 Å². The normalized spacial score (nSPS) is 12.1. The third-order valence-electron chi connectivity index (χ3n) is 2.95. The molecule has 0 fully saturated rings. The molecule has 0 radical (unpaired) electrons. The van der Waals surface area contributed by atoms with E-state index in [1.54, 1.807) is 29.8 Å². The molecule has 1 aromatic carbocycles. The molecular formula is C15H13ClN4S. The van der Waals surface area contributed by atoms with Crippen molar-refractivity contribution in [2.24, 2.45) is 0 Å². The molecule has 3 rings (SSSR count). The second kappa shape index (κ2) is 6.20. The summed E-state index contributed by atoms with van der Waals surface area (Å²) in [5, 5.41) is 4.96. The summed E-state index contributed by atoms with van der Waals surface area (Å²) in [4.78, 5) is 13.9. The molecule has 2 aromatic heterocycles. The quantitative estimate of drug-likeness (QED) is 0.773. The van der Waals surface area contributed by atoms with Gasteiger partial charge in [0.15, 0.2) is 0 Å². The Morgan fingerprint density at radius 3 is 2.52 bits per heavy atom. The fourth-order valence-electron chi connectivity index (χ4n) is 1.85. The Bertz CT molecular complexity index is 712. The van der Waals surface area contributed by atoms with Crippen molar-refractivity contribution in [2.45, 2.75) is 13.0 Å². The number of halogens is 1. The monoisotopic (exact) mass is 316 g/mol. The third-order valence-corrected chi connectivity index (χ3v) is 4.43. The van der Waals surface area contributed by atoms with Crippen LogP contribution in [0.15, 0.2) is 48.9 Å². The maximum atomic E-state index is 5.90. The number of rotatable bonds is 4. The van der Waals surface area contributed by atoms with Gasteiger partial charge in [-0.2, -0.15) is 0 Å². The molecule has 0 aliphatic rings. The van der Waals surface area contributed by atoms with Gasteiger partial charge in [-0.1, -0.05) is 23.7 Å². The Labute approximate surface area is 131 Å². The van der Waals surface area contributed by atoms with Crippen molar-refractivity contribution in [3.63, 3.8) is 0 Å². The molecule has 6 heteroatoms. The Balaban J connectivity index is 1.76.